The zero-order chi connectivity index (χ0) is 20.1. The van der Waals surface area contributed by atoms with E-state index in [1.54, 1.807) is 4.90 Å². The van der Waals surface area contributed by atoms with E-state index >= 15 is 0 Å². The number of alkyl halides is 3. The lowest BCUT2D eigenvalue weighted by molar-refractivity contribution is -0.137. The number of hydrogen-bond acceptors (Lipinski definition) is 4. The van der Waals surface area contributed by atoms with Crippen LogP contribution in [0.25, 0.3) is 0 Å². The number of nitrogens with one attached hydrogen (secondary N) is 1. The van der Waals surface area contributed by atoms with E-state index in [9.17, 15) is 22.8 Å². The number of amides is 2. The van der Waals surface area contributed by atoms with E-state index in [4.69, 9.17) is 0 Å². The highest BCUT2D eigenvalue weighted by Gasteiger charge is 2.32. The number of aromatic nitrogens is 3. The van der Waals surface area contributed by atoms with Crippen molar-refractivity contribution in [2.24, 2.45) is 0 Å². The lowest BCUT2D eigenvalue weighted by Crippen LogP contribution is -2.39. The van der Waals surface area contributed by atoms with Gasteiger partial charge in [-0.15, -0.1) is 0 Å². The Morgan fingerprint density at radius 3 is 2.79 bits per heavy atom. The van der Waals surface area contributed by atoms with Gasteiger partial charge in [0.2, 0.25) is 11.8 Å². The van der Waals surface area contributed by atoms with Crippen LogP contribution >= 0.6 is 0 Å². The van der Waals surface area contributed by atoms with Gasteiger partial charge in [-0.3, -0.25) is 14.3 Å². The van der Waals surface area contributed by atoms with Gasteiger partial charge in [-0.05, 0) is 24.1 Å². The molecule has 1 aromatic heterocycles. The van der Waals surface area contributed by atoms with Crippen molar-refractivity contribution in [1.82, 2.24) is 25.0 Å². The summed E-state index contributed by atoms with van der Waals surface area (Å²) >= 11 is 0. The predicted molar refractivity (Wildman–Crippen MR) is 92.8 cm³/mol. The molecule has 0 bridgehead atoms. The van der Waals surface area contributed by atoms with E-state index in [2.05, 4.69) is 15.4 Å². The molecule has 0 aliphatic carbocycles. The van der Waals surface area contributed by atoms with E-state index in [-0.39, 0.29) is 24.8 Å². The molecule has 2 amide bonds. The van der Waals surface area contributed by atoms with Crippen molar-refractivity contribution in [3.63, 3.8) is 0 Å². The first kappa shape index (κ1) is 19.8. The first-order valence-corrected chi connectivity index (χ1v) is 8.89. The normalized spacial score (nSPS) is 15.7. The van der Waals surface area contributed by atoms with Crippen LogP contribution < -0.4 is 5.32 Å². The number of halogens is 3. The monoisotopic (exact) mass is 395 g/mol. The van der Waals surface area contributed by atoms with Crippen molar-refractivity contribution in [1.29, 1.82) is 0 Å². The van der Waals surface area contributed by atoms with Gasteiger partial charge in [-0.2, -0.15) is 18.3 Å². The lowest BCUT2D eigenvalue weighted by atomic mass is 10.0. The summed E-state index contributed by atoms with van der Waals surface area (Å²) in [6, 6.07) is 4.10. The Hall–Kier alpha value is -2.91. The second kappa shape index (κ2) is 8.41. The number of aryl methyl sites for hydroxylation is 1. The van der Waals surface area contributed by atoms with Crippen LogP contribution in [0.15, 0.2) is 36.9 Å². The van der Waals surface area contributed by atoms with Gasteiger partial charge in [0, 0.05) is 25.9 Å². The zero-order valence-electron chi connectivity index (χ0n) is 15.0. The average molecular weight is 395 g/mol. The number of hydrogen-bond donors (Lipinski definition) is 1. The molecule has 1 aromatic carbocycles. The maximum atomic E-state index is 13.1. The van der Waals surface area contributed by atoms with E-state index in [1.165, 1.54) is 29.5 Å². The highest BCUT2D eigenvalue weighted by molar-refractivity contribution is 5.79. The van der Waals surface area contributed by atoms with Gasteiger partial charge < -0.3 is 10.2 Å². The van der Waals surface area contributed by atoms with E-state index < -0.39 is 17.8 Å². The molecule has 2 heterocycles. The summed E-state index contributed by atoms with van der Waals surface area (Å²) in [5, 5.41) is 6.67. The van der Waals surface area contributed by atoms with Crippen LogP contribution in [-0.4, -0.2) is 44.6 Å². The van der Waals surface area contributed by atoms with Crippen LogP contribution in [0.2, 0.25) is 0 Å². The molecule has 1 N–H and O–H groups in total. The zero-order valence-corrected chi connectivity index (χ0v) is 15.0. The predicted octanol–water partition coefficient (Wildman–Crippen LogP) is 2.17. The van der Waals surface area contributed by atoms with Crippen molar-refractivity contribution in [2.45, 2.75) is 38.0 Å². The maximum absolute atomic E-state index is 13.1. The van der Waals surface area contributed by atoms with E-state index in [0.717, 1.165) is 12.1 Å². The fourth-order valence-corrected chi connectivity index (χ4v) is 3.11. The molecule has 0 unspecified atom stereocenters. The minimum atomic E-state index is -4.48. The van der Waals surface area contributed by atoms with E-state index in [1.807, 2.05) is 0 Å². The molecule has 10 heteroatoms. The van der Waals surface area contributed by atoms with Gasteiger partial charge in [0.1, 0.15) is 12.7 Å². The average Bonchev–Trinajstić information content (AvgIpc) is 3.31. The molecule has 28 heavy (non-hydrogen) atoms. The topological polar surface area (TPSA) is 80.1 Å². The molecule has 0 spiro atoms. The molecular formula is C18H20F3N5O2. The number of nitrogens with zero attached hydrogens (tertiary/aromatic N) is 4. The van der Waals surface area contributed by atoms with Crippen molar-refractivity contribution in [2.75, 3.05) is 13.1 Å². The Balaban J connectivity index is 1.74. The van der Waals surface area contributed by atoms with Gasteiger partial charge in [0.15, 0.2) is 0 Å². The Morgan fingerprint density at radius 2 is 2.14 bits per heavy atom. The molecule has 0 saturated carbocycles. The molecule has 1 saturated heterocycles. The van der Waals surface area contributed by atoms with Gasteiger partial charge in [-0.25, -0.2) is 4.98 Å². The highest BCUT2D eigenvalue weighted by Crippen LogP contribution is 2.31. The molecule has 1 aliphatic heterocycles. The fourth-order valence-electron chi connectivity index (χ4n) is 3.11. The number of carbonyl (C=O) groups excluding carboxylic acids is 2. The molecule has 1 fully saturated rings. The van der Waals surface area contributed by atoms with Crippen LogP contribution in [0.5, 0.6) is 0 Å². The van der Waals surface area contributed by atoms with Crippen LogP contribution in [-0.2, 0) is 22.3 Å². The van der Waals surface area contributed by atoms with Crippen molar-refractivity contribution >= 4 is 11.8 Å². The second-order valence-electron chi connectivity index (χ2n) is 6.60. The summed E-state index contributed by atoms with van der Waals surface area (Å²) < 4.78 is 40.7. The van der Waals surface area contributed by atoms with Crippen LogP contribution in [0.4, 0.5) is 13.2 Å². The molecule has 150 valence electrons. The summed E-state index contributed by atoms with van der Waals surface area (Å²) in [4.78, 5) is 29.7. The quantitative estimate of drug-likeness (QED) is 0.779. The minimum Gasteiger partial charge on any atom is -0.347 e. The van der Waals surface area contributed by atoms with Crippen molar-refractivity contribution in [3.8, 4) is 0 Å². The Labute approximate surface area is 159 Å². The largest absolute Gasteiger partial charge is 0.416 e. The van der Waals surface area contributed by atoms with Gasteiger partial charge in [0.25, 0.3) is 0 Å². The third-order valence-electron chi connectivity index (χ3n) is 4.56. The highest BCUT2D eigenvalue weighted by atomic mass is 19.4. The molecule has 1 atom stereocenters. The van der Waals surface area contributed by atoms with Crippen molar-refractivity contribution in [3.05, 3.63) is 48.0 Å². The molecule has 1 aliphatic rings. The SMILES string of the molecule is O=C(CCn1cncn1)N[C@H](CN1CCCC1=O)c1cccc(C(F)(F)F)c1. The first-order chi connectivity index (χ1) is 13.3. The first-order valence-electron chi connectivity index (χ1n) is 8.89. The van der Waals surface area contributed by atoms with Crippen LogP contribution in [0.3, 0.4) is 0 Å². The smallest absolute Gasteiger partial charge is 0.347 e. The van der Waals surface area contributed by atoms with Crippen LogP contribution in [0.1, 0.15) is 36.4 Å². The minimum absolute atomic E-state index is 0.0613. The molecule has 0 radical (unpaired) electrons. The maximum Gasteiger partial charge on any atom is 0.416 e. The van der Waals surface area contributed by atoms with E-state index in [0.29, 0.717) is 31.5 Å². The van der Waals surface area contributed by atoms with Gasteiger partial charge >= 0.3 is 6.18 Å². The summed E-state index contributed by atoms with van der Waals surface area (Å²) in [6.07, 6.45) is -0.458. The third-order valence-corrected chi connectivity index (χ3v) is 4.56. The Kier molecular flexibility index (Phi) is 5.96. The summed E-state index contributed by atoms with van der Waals surface area (Å²) in [7, 11) is 0. The molecular weight excluding hydrogens is 375 g/mol. The number of carbonyl (C=O) groups is 2. The second-order valence-corrected chi connectivity index (χ2v) is 6.60. The van der Waals surface area contributed by atoms with Crippen LogP contribution in [0, 0.1) is 0 Å². The Morgan fingerprint density at radius 1 is 1.32 bits per heavy atom. The molecule has 7 nitrogen and oxygen atoms in total. The number of rotatable bonds is 7. The van der Waals surface area contributed by atoms with Gasteiger partial charge in [0.05, 0.1) is 18.2 Å². The summed E-state index contributed by atoms with van der Waals surface area (Å²) in [5.41, 5.74) is -0.483. The van der Waals surface area contributed by atoms with Gasteiger partial charge in [-0.1, -0.05) is 12.1 Å². The third kappa shape index (κ3) is 5.08. The molecule has 2 aromatic rings. The van der Waals surface area contributed by atoms with Crippen molar-refractivity contribution < 1.29 is 22.8 Å². The number of benzene rings is 1. The number of likely N-dealkylation sites (tertiary alicyclic amines) is 1. The lowest BCUT2D eigenvalue weighted by Gasteiger charge is -2.26. The Bertz CT molecular complexity index is 823. The summed E-state index contributed by atoms with van der Waals surface area (Å²) in [5.74, 6) is -0.404. The fraction of sp³-hybridized carbons (Fsp3) is 0.444. The molecule has 3 rings (SSSR count). The standard InChI is InChI=1S/C18H20F3N5O2/c19-18(20,21)14-4-1-3-13(9-14)15(10-25-7-2-5-17(25)28)24-16(27)6-8-26-12-22-11-23-26/h1,3-4,9,11-12,15H,2,5-8,10H2,(H,24,27)/t15-/m1/s1. The summed E-state index contributed by atoms with van der Waals surface area (Å²) in [6.45, 7) is 0.960.